The van der Waals surface area contributed by atoms with Crippen LogP contribution in [-0.2, 0) is 6.54 Å². The summed E-state index contributed by atoms with van der Waals surface area (Å²) in [5.41, 5.74) is 1.12. The highest BCUT2D eigenvalue weighted by molar-refractivity contribution is 5.74. The highest BCUT2D eigenvalue weighted by Crippen LogP contribution is 2.15. The van der Waals surface area contributed by atoms with Crippen LogP contribution in [-0.4, -0.2) is 43.1 Å². The number of hydrogen-bond donors (Lipinski definition) is 0. The number of ether oxygens (including phenoxy) is 1. The second kappa shape index (κ2) is 7.17. The average molecular weight is 276 g/mol. The monoisotopic (exact) mass is 276 g/mol. The fourth-order valence-electron chi connectivity index (χ4n) is 2.58. The molecule has 0 bridgehead atoms. The van der Waals surface area contributed by atoms with Gasteiger partial charge in [0.2, 0.25) is 0 Å². The summed E-state index contributed by atoms with van der Waals surface area (Å²) in [5.74, 6) is 0.843. The number of likely N-dealkylation sites (tertiary alicyclic amines) is 1. The van der Waals surface area contributed by atoms with E-state index in [4.69, 9.17) is 4.74 Å². The van der Waals surface area contributed by atoms with Gasteiger partial charge in [-0.1, -0.05) is 25.0 Å². The Kier molecular flexibility index (Phi) is 5.27. The Bertz CT molecular complexity index is 423. The van der Waals surface area contributed by atoms with Crippen LogP contribution in [0.25, 0.3) is 0 Å². The van der Waals surface area contributed by atoms with Crippen molar-refractivity contribution in [2.75, 3.05) is 27.2 Å². The molecule has 0 atom stereocenters. The molecule has 4 nitrogen and oxygen atoms in total. The molecule has 1 aliphatic heterocycles. The first-order valence-corrected chi connectivity index (χ1v) is 7.33. The van der Waals surface area contributed by atoms with Crippen molar-refractivity contribution in [3.8, 4) is 5.75 Å². The molecular formula is C16H24N2O2. The molecule has 1 heterocycles. The lowest BCUT2D eigenvalue weighted by Crippen LogP contribution is -2.41. The number of nitrogens with zero attached hydrogens (tertiary/aromatic N) is 2. The minimum Gasteiger partial charge on any atom is -0.497 e. The summed E-state index contributed by atoms with van der Waals surface area (Å²) in [7, 11) is 3.53. The zero-order valence-electron chi connectivity index (χ0n) is 12.5. The van der Waals surface area contributed by atoms with Crippen LogP contribution in [0.15, 0.2) is 24.3 Å². The standard InChI is InChI=1S/C16H24N2O2/c1-17(13-14-7-9-15(20-2)10-8-14)16(19)18-11-5-3-4-6-12-18/h7-10H,3-6,11-13H2,1-2H3. The lowest BCUT2D eigenvalue weighted by Gasteiger charge is -2.27. The Labute approximate surface area is 121 Å². The van der Waals surface area contributed by atoms with Gasteiger partial charge in [-0.15, -0.1) is 0 Å². The maximum absolute atomic E-state index is 12.4. The summed E-state index contributed by atoms with van der Waals surface area (Å²) in [4.78, 5) is 16.2. The molecule has 110 valence electrons. The van der Waals surface area contributed by atoms with Crippen molar-refractivity contribution in [3.63, 3.8) is 0 Å². The van der Waals surface area contributed by atoms with Crippen molar-refractivity contribution >= 4 is 6.03 Å². The first kappa shape index (κ1) is 14.7. The number of carbonyl (C=O) groups is 1. The van der Waals surface area contributed by atoms with Gasteiger partial charge in [-0.05, 0) is 30.5 Å². The smallest absolute Gasteiger partial charge is 0.320 e. The third-order valence-corrected chi connectivity index (χ3v) is 3.78. The van der Waals surface area contributed by atoms with Gasteiger partial charge < -0.3 is 14.5 Å². The molecule has 4 heteroatoms. The average Bonchev–Trinajstić information content (AvgIpc) is 2.76. The minimum atomic E-state index is 0.141. The van der Waals surface area contributed by atoms with E-state index in [2.05, 4.69) is 0 Å². The summed E-state index contributed by atoms with van der Waals surface area (Å²) >= 11 is 0. The van der Waals surface area contributed by atoms with E-state index in [1.54, 1.807) is 12.0 Å². The Morgan fingerprint density at radius 3 is 2.30 bits per heavy atom. The van der Waals surface area contributed by atoms with E-state index < -0.39 is 0 Å². The van der Waals surface area contributed by atoms with Gasteiger partial charge in [0.1, 0.15) is 5.75 Å². The molecule has 0 aromatic heterocycles. The molecule has 0 spiro atoms. The molecule has 2 rings (SSSR count). The van der Waals surface area contributed by atoms with Gasteiger partial charge in [-0.2, -0.15) is 0 Å². The number of benzene rings is 1. The van der Waals surface area contributed by atoms with Crippen LogP contribution in [0.2, 0.25) is 0 Å². The Morgan fingerprint density at radius 2 is 1.75 bits per heavy atom. The van der Waals surface area contributed by atoms with E-state index in [0.717, 1.165) is 37.2 Å². The maximum atomic E-state index is 12.4. The zero-order chi connectivity index (χ0) is 14.4. The van der Waals surface area contributed by atoms with Crippen molar-refractivity contribution in [1.29, 1.82) is 0 Å². The Balaban J connectivity index is 1.92. The largest absolute Gasteiger partial charge is 0.497 e. The minimum absolute atomic E-state index is 0.141. The van der Waals surface area contributed by atoms with Crippen LogP contribution < -0.4 is 4.74 Å². The van der Waals surface area contributed by atoms with E-state index in [-0.39, 0.29) is 6.03 Å². The molecule has 1 saturated heterocycles. The van der Waals surface area contributed by atoms with Gasteiger partial charge in [-0.25, -0.2) is 4.79 Å². The van der Waals surface area contributed by atoms with Gasteiger partial charge in [-0.3, -0.25) is 0 Å². The van der Waals surface area contributed by atoms with Crippen LogP contribution in [0.5, 0.6) is 5.75 Å². The molecule has 0 radical (unpaired) electrons. The van der Waals surface area contributed by atoms with Crippen LogP contribution >= 0.6 is 0 Å². The van der Waals surface area contributed by atoms with Crippen LogP contribution in [0, 0.1) is 0 Å². The topological polar surface area (TPSA) is 32.8 Å². The van der Waals surface area contributed by atoms with E-state index in [9.17, 15) is 4.79 Å². The normalized spacial score (nSPS) is 15.6. The van der Waals surface area contributed by atoms with Crippen molar-refractivity contribution in [2.45, 2.75) is 32.2 Å². The first-order chi connectivity index (χ1) is 9.70. The van der Waals surface area contributed by atoms with Crippen molar-refractivity contribution < 1.29 is 9.53 Å². The first-order valence-electron chi connectivity index (χ1n) is 7.33. The van der Waals surface area contributed by atoms with E-state index in [0.29, 0.717) is 6.54 Å². The molecular weight excluding hydrogens is 252 g/mol. The third-order valence-electron chi connectivity index (χ3n) is 3.78. The van der Waals surface area contributed by atoms with Gasteiger partial charge in [0, 0.05) is 26.7 Å². The number of amides is 2. The van der Waals surface area contributed by atoms with Crippen molar-refractivity contribution in [1.82, 2.24) is 9.80 Å². The molecule has 1 aromatic carbocycles. The second-order valence-corrected chi connectivity index (χ2v) is 5.39. The highest BCUT2D eigenvalue weighted by atomic mass is 16.5. The lowest BCUT2D eigenvalue weighted by atomic mass is 10.2. The quantitative estimate of drug-likeness (QED) is 0.849. The predicted molar refractivity (Wildman–Crippen MR) is 79.9 cm³/mol. The van der Waals surface area contributed by atoms with Gasteiger partial charge in [0.05, 0.1) is 7.11 Å². The molecule has 1 aliphatic rings. The van der Waals surface area contributed by atoms with Crippen LogP contribution in [0.1, 0.15) is 31.2 Å². The molecule has 1 fully saturated rings. The molecule has 0 aliphatic carbocycles. The summed E-state index contributed by atoms with van der Waals surface area (Å²) < 4.78 is 5.14. The summed E-state index contributed by atoms with van der Waals surface area (Å²) in [6.07, 6.45) is 4.74. The fraction of sp³-hybridized carbons (Fsp3) is 0.562. The molecule has 20 heavy (non-hydrogen) atoms. The SMILES string of the molecule is COc1ccc(CN(C)C(=O)N2CCCCCC2)cc1. The molecule has 0 N–H and O–H groups in total. The molecule has 1 aromatic rings. The Morgan fingerprint density at radius 1 is 1.15 bits per heavy atom. The van der Waals surface area contributed by atoms with E-state index in [1.807, 2.05) is 36.2 Å². The van der Waals surface area contributed by atoms with Gasteiger partial charge in [0.25, 0.3) is 0 Å². The number of carbonyl (C=O) groups excluding carboxylic acids is 1. The lowest BCUT2D eigenvalue weighted by molar-refractivity contribution is 0.162. The number of rotatable bonds is 3. The molecule has 0 unspecified atom stereocenters. The van der Waals surface area contributed by atoms with Gasteiger partial charge in [0.15, 0.2) is 0 Å². The number of hydrogen-bond acceptors (Lipinski definition) is 2. The molecule has 0 saturated carbocycles. The Hall–Kier alpha value is -1.71. The van der Waals surface area contributed by atoms with Crippen LogP contribution in [0.3, 0.4) is 0 Å². The van der Waals surface area contributed by atoms with Crippen molar-refractivity contribution in [3.05, 3.63) is 29.8 Å². The summed E-state index contributed by atoms with van der Waals surface area (Å²) in [6.45, 7) is 2.43. The van der Waals surface area contributed by atoms with Crippen molar-refractivity contribution in [2.24, 2.45) is 0 Å². The predicted octanol–water partition coefficient (Wildman–Crippen LogP) is 3.12. The number of urea groups is 1. The summed E-state index contributed by atoms with van der Waals surface area (Å²) in [6, 6.07) is 8.01. The number of methoxy groups -OCH3 is 1. The molecule has 2 amide bonds. The van der Waals surface area contributed by atoms with Gasteiger partial charge >= 0.3 is 6.03 Å². The van der Waals surface area contributed by atoms with E-state index >= 15 is 0 Å². The fourth-order valence-corrected chi connectivity index (χ4v) is 2.58. The second-order valence-electron chi connectivity index (χ2n) is 5.39. The highest BCUT2D eigenvalue weighted by Gasteiger charge is 2.19. The zero-order valence-corrected chi connectivity index (χ0v) is 12.5. The van der Waals surface area contributed by atoms with Crippen LogP contribution in [0.4, 0.5) is 4.79 Å². The summed E-state index contributed by atoms with van der Waals surface area (Å²) in [5, 5.41) is 0. The maximum Gasteiger partial charge on any atom is 0.320 e. The van der Waals surface area contributed by atoms with E-state index in [1.165, 1.54) is 12.8 Å². The third kappa shape index (κ3) is 3.89.